The van der Waals surface area contributed by atoms with Gasteiger partial charge in [-0.25, -0.2) is 0 Å². The van der Waals surface area contributed by atoms with Gasteiger partial charge in [0.25, 0.3) is 0 Å². The summed E-state index contributed by atoms with van der Waals surface area (Å²) >= 11 is 1.87. The SMILES string of the molecule is CCOC(=O)C1(c2nc(C3CCCS3)no2)CCCC1. The van der Waals surface area contributed by atoms with Gasteiger partial charge in [-0.05, 0) is 38.4 Å². The first-order valence-corrected chi connectivity index (χ1v) is 8.44. The Morgan fingerprint density at radius 3 is 2.90 bits per heavy atom. The molecule has 0 aromatic carbocycles. The van der Waals surface area contributed by atoms with Gasteiger partial charge in [0.1, 0.15) is 5.41 Å². The molecule has 1 saturated heterocycles. The lowest BCUT2D eigenvalue weighted by Crippen LogP contribution is -2.35. The molecule has 1 aliphatic carbocycles. The Hall–Kier alpha value is -1.04. The van der Waals surface area contributed by atoms with Crippen molar-refractivity contribution in [2.75, 3.05) is 12.4 Å². The van der Waals surface area contributed by atoms with Gasteiger partial charge < -0.3 is 9.26 Å². The van der Waals surface area contributed by atoms with Crippen LogP contribution in [0.1, 0.15) is 62.4 Å². The molecule has 0 radical (unpaired) electrons. The van der Waals surface area contributed by atoms with E-state index in [0.29, 0.717) is 17.7 Å². The first-order valence-electron chi connectivity index (χ1n) is 7.39. The van der Waals surface area contributed by atoms with Crippen LogP contribution in [0.5, 0.6) is 0 Å². The van der Waals surface area contributed by atoms with Crippen molar-refractivity contribution < 1.29 is 14.1 Å². The molecule has 2 fully saturated rings. The van der Waals surface area contributed by atoms with E-state index in [1.54, 1.807) is 0 Å². The smallest absolute Gasteiger partial charge is 0.321 e. The van der Waals surface area contributed by atoms with Crippen LogP contribution < -0.4 is 0 Å². The Kier molecular flexibility index (Phi) is 4.01. The minimum atomic E-state index is -0.690. The van der Waals surface area contributed by atoms with Crippen molar-refractivity contribution in [3.8, 4) is 0 Å². The molecule has 6 heteroatoms. The monoisotopic (exact) mass is 296 g/mol. The van der Waals surface area contributed by atoms with E-state index >= 15 is 0 Å². The van der Waals surface area contributed by atoms with Crippen LogP contribution in [0, 0.1) is 0 Å². The van der Waals surface area contributed by atoms with E-state index in [-0.39, 0.29) is 5.97 Å². The van der Waals surface area contributed by atoms with Crippen LogP contribution in [-0.2, 0) is 14.9 Å². The standard InChI is InChI=1S/C14H20N2O3S/c1-2-18-13(17)14(7-3-4-8-14)12-15-11(16-19-12)10-6-5-9-20-10/h10H,2-9H2,1H3. The fraction of sp³-hybridized carbons (Fsp3) is 0.786. The molecule has 1 saturated carbocycles. The fourth-order valence-corrected chi connectivity index (χ4v) is 4.29. The average Bonchev–Trinajstić information content (AvgIpc) is 3.19. The number of nitrogens with zero attached hydrogens (tertiary/aromatic N) is 2. The van der Waals surface area contributed by atoms with Crippen molar-refractivity contribution in [3.05, 3.63) is 11.7 Å². The number of thioether (sulfide) groups is 1. The Balaban J connectivity index is 1.86. The average molecular weight is 296 g/mol. The zero-order valence-corrected chi connectivity index (χ0v) is 12.6. The van der Waals surface area contributed by atoms with Crippen molar-refractivity contribution in [2.45, 2.75) is 56.1 Å². The van der Waals surface area contributed by atoms with E-state index < -0.39 is 5.41 Å². The van der Waals surface area contributed by atoms with Crippen LogP contribution >= 0.6 is 11.8 Å². The third kappa shape index (κ3) is 2.34. The quantitative estimate of drug-likeness (QED) is 0.796. The largest absolute Gasteiger partial charge is 0.465 e. The minimum Gasteiger partial charge on any atom is -0.465 e. The van der Waals surface area contributed by atoms with Gasteiger partial charge in [0.15, 0.2) is 5.82 Å². The number of esters is 1. The van der Waals surface area contributed by atoms with E-state index in [9.17, 15) is 4.79 Å². The first kappa shape index (κ1) is 13.9. The molecule has 0 N–H and O–H groups in total. The third-order valence-electron chi connectivity index (χ3n) is 4.19. The van der Waals surface area contributed by atoms with E-state index in [1.165, 1.54) is 6.42 Å². The van der Waals surface area contributed by atoms with Crippen LogP contribution in [0.15, 0.2) is 4.52 Å². The summed E-state index contributed by atoms with van der Waals surface area (Å²) in [6.07, 6.45) is 5.82. The maximum Gasteiger partial charge on any atom is 0.321 e. The summed E-state index contributed by atoms with van der Waals surface area (Å²) in [6.45, 7) is 2.22. The number of hydrogen-bond donors (Lipinski definition) is 0. The number of carbonyl (C=O) groups excluding carboxylic acids is 1. The predicted octanol–water partition coefficient (Wildman–Crippen LogP) is 3.01. The molecule has 110 valence electrons. The first-order chi connectivity index (χ1) is 9.76. The molecule has 1 unspecified atom stereocenters. The number of aromatic nitrogens is 2. The van der Waals surface area contributed by atoms with Crippen molar-refractivity contribution in [1.82, 2.24) is 10.1 Å². The molecule has 1 atom stereocenters. The van der Waals surface area contributed by atoms with E-state index in [1.807, 2.05) is 18.7 Å². The lowest BCUT2D eigenvalue weighted by atomic mass is 9.86. The van der Waals surface area contributed by atoms with Crippen LogP contribution in [0.25, 0.3) is 0 Å². The van der Waals surface area contributed by atoms with Crippen LogP contribution in [0.2, 0.25) is 0 Å². The highest BCUT2D eigenvalue weighted by Crippen LogP contribution is 2.43. The van der Waals surface area contributed by atoms with Gasteiger partial charge in [-0.3, -0.25) is 4.79 Å². The predicted molar refractivity (Wildman–Crippen MR) is 75.5 cm³/mol. The van der Waals surface area contributed by atoms with Gasteiger partial charge in [0, 0.05) is 0 Å². The van der Waals surface area contributed by atoms with Crippen molar-refractivity contribution >= 4 is 17.7 Å². The molecule has 1 aliphatic heterocycles. The van der Waals surface area contributed by atoms with Crippen molar-refractivity contribution in [2.24, 2.45) is 0 Å². The highest BCUT2D eigenvalue weighted by molar-refractivity contribution is 7.99. The summed E-state index contributed by atoms with van der Waals surface area (Å²) in [5.41, 5.74) is -0.690. The summed E-state index contributed by atoms with van der Waals surface area (Å²) in [5.74, 6) is 2.16. The minimum absolute atomic E-state index is 0.202. The molecule has 1 aromatic heterocycles. The Morgan fingerprint density at radius 1 is 1.45 bits per heavy atom. The van der Waals surface area contributed by atoms with Gasteiger partial charge in [0.05, 0.1) is 11.9 Å². The fourth-order valence-electron chi connectivity index (χ4n) is 3.09. The zero-order valence-electron chi connectivity index (χ0n) is 11.8. The second-order valence-corrected chi connectivity index (χ2v) is 6.78. The molecule has 2 heterocycles. The summed E-state index contributed by atoms with van der Waals surface area (Å²) in [7, 11) is 0. The van der Waals surface area contributed by atoms with Gasteiger partial charge in [0.2, 0.25) is 5.89 Å². The summed E-state index contributed by atoms with van der Waals surface area (Å²) in [5, 5.41) is 4.44. The Bertz CT molecular complexity index is 477. The summed E-state index contributed by atoms with van der Waals surface area (Å²) in [4.78, 5) is 16.9. The topological polar surface area (TPSA) is 65.2 Å². The molecule has 3 rings (SSSR count). The number of rotatable bonds is 4. The second kappa shape index (κ2) is 5.76. The summed E-state index contributed by atoms with van der Waals surface area (Å²) < 4.78 is 10.7. The molecule has 20 heavy (non-hydrogen) atoms. The molecule has 0 spiro atoms. The second-order valence-electron chi connectivity index (χ2n) is 5.47. The normalized spacial score (nSPS) is 24.9. The van der Waals surface area contributed by atoms with Gasteiger partial charge >= 0.3 is 5.97 Å². The number of ether oxygens (including phenoxy) is 1. The number of hydrogen-bond acceptors (Lipinski definition) is 6. The van der Waals surface area contributed by atoms with Gasteiger partial charge in [-0.15, -0.1) is 0 Å². The van der Waals surface area contributed by atoms with Crippen molar-refractivity contribution in [1.29, 1.82) is 0 Å². The zero-order chi connectivity index (χ0) is 14.0. The highest BCUT2D eigenvalue weighted by atomic mass is 32.2. The Morgan fingerprint density at radius 2 is 2.25 bits per heavy atom. The molecule has 2 aliphatic rings. The molecule has 0 bridgehead atoms. The van der Waals surface area contributed by atoms with E-state index in [4.69, 9.17) is 9.26 Å². The van der Waals surface area contributed by atoms with Crippen LogP contribution in [0.4, 0.5) is 0 Å². The number of carbonyl (C=O) groups is 1. The highest BCUT2D eigenvalue weighted by Gasteiger charge is 2.49. The molecule has 1 aromatic rings. The van der Waals surface area contributed by atoms with Crippen LogP contribution in [-0.4, -0.2) is 28.5 Å². The van der Waals surface area contributed by atoms with E-state index in [2.05, 4.69) is 10.1 Å². The third-order valence-corrected chi connectivity index (χ3v) is 5.57. The lowest BCUT2D eigenvalue weighted by Gasteiger charge is -2.21. The van der Waals surface area contributed by atoms with E-state index in [0.717, 1.165) is 43.7 Å². The summed E-state index contributed by atoms with van der Waals surface area (Å²) in [6, 6.07) is 0. The maximum atomic E-state index is 12.3. The Labute approximate surface area is 122 Å². The molecular formula is C14H20N2O3S. The molecular weight excluding hydrogens is 276 g/mol. The molecule has 0 amide bonds. The van der Waals surface area contributed by atoms with Crippen LogP contribution in [0.3, 0.4) is 0 Å². The van der Waals surface area contributed by atoms with Gasteiger partial charge in [-0.2, -0.15) is 16.7 Å². The molecule has 5 nitrogen and oxygen atoms in total. The van der Waals surface area contributed by atoms with Gasteiger partial charge in [-0.1, -0.05) is 18.0 Å². The maximum absolute atomic E-state index is 12.3. The van der Waals surface area contributed by atoms with Crippen molar-refractivity contribution in [3.63, 3.8) is 0 Å². The lowest BCUT2D eigenvalue weighted by molar-refractivity contribution is -0.151.